The minimum atomic E-state index is -4.15. The topological polar surface area (TPSA) is 128 Å². The monoisotopic (exact) mass is 501 g/mol. The van der Waals surface area contributed by atoms with Gasteiger partial charge in [-0.15, -0.1) is 0 Å². The fourth-order valence-electron chi connectivity index (χ4n) is 3.30. The largest absolute Gasteiger partial charge is 0.465 e. The molecule has 36 heavy (non-hydrogen) atoms. The fourth-order valence-corrected chi connectivity index (χ4v) is 5.20. The average molecular weight is 501 g/mol. The van der Waals surface area contributed by atoms with E-state index < -0.39 is 19.3 Å². The molecule has 1 amide bonds. The predicted molar refractivity (Wildman–Crippen MR) is 138 cm³/mol. The second-order valence-electron chi connectivity index (χ2n) is 7.64. The van der Waals surface area contributed by atoms with E-state index in [-0.39, 0.29) is 5.84 Å². The number of amidine groups is 1. The number of carbonyl (C=O) groups is 1. The Hall–Kier alpha value is -4.55. The molecule has 0 bridgehead atoms. The Bertz CT molecular complexity index is 1330. The first-order valence-corrected chi connectivity index (χ1v) is 12.6. The standard InChI is InChI=1S/C27H24N3O5P/c28-26(29)20-13-15-21(16-14-20)27(30-25(31)18-17-22-12-7-19-33-22)36(32,34-23-8-3-1-4-9-23)35-24-10-5-2-6-11-24/h1-19,27H,(H3,28,29)(H,30,31). The number of benzene rings is 3. The highest BCUT2D eigenvalue weighted by molar-refractivity contribution is 7.55. The van der Waals surface area contributed by atoms with Crippen LogP contribution in [0, 0.1) is 5.41 Å². The molecule has 8 nitrogen and oxygen atoms in total. The third kappa shape index (κ3) is 6.31. The van der Waals surface area contributed by atoms with Crippen molar-refractivity contribution in [3.05, 3.63) is 126 Å². The van der Waals surface area contributed by atoms with E-state index in [4.69, 9.17) is 24.6 Å². The molecule has 0 aliphatic carbocycles. The van der Waals surface area contributed by atoms with Crippen molar-refractivity contribution in [1.29, 1.82) is 5.41 Å². The summed E-state index contributed by atoms with van der Waals surface area (Å²) in [5, 5.41) is 10.4. The maximum absolute atomic E-state index is 14.5. The Balaban J connectivity index is 1.74. The van der Waals surface area contributed by atoms with Gasteiger partial charge in [-0.3, -0.25) is 10.2 Å². The minimum absolute atomic E-state index is 0.118. The Morgan fingerprint density at radius 2 is 1.47 bits per heavy atom. The van der Waals surface area contributed by atoms with Crippen LogP contribution in [0.1, 0.15) is 22.7 Å². The second kappa shape index (κ2) is 11.3. The maximum atomic E-state index is 14.5. The highest BCUT2D eigenvalue weighted by Gasteiger charge is 2.41. The zero-order valence-corrected chi connectivity index (χ0v) is 20.0. The summed E-state index contributed by atoms with van der Waals surface area (Å²) >= 11 is 0. The van der Waals surface area contributed by atoms with Gasteiger partial charge in [0.2, 0.25) is 5.91 Å². The lowest BCUT2D eigenvalue weighted by molar-refractivity contribution is -0.116. The minimum Gasteiger partial charge on any atom is -0.465 e. The number of para-hydroxylation sites is 2. The molecule has 1 atom stereocenters. The summed E-state index contributed by atoms with van der Waals surface area (Å²) in [6.07, 6.45) is 4.25. The van der Waals surface area contributed by atoms with Crippen LogP contribution in [0.3, 0.4) is 0 Å². The zero-order valence-electron chi connectivity index (χ0n) is 19.1. The molecule has 0 spiro atoms. The number of rotatable bonds is 10. The Kier molecular flexibility index (Phi) is 7.68. The fraction of sp³-hybridized carbons (Fsp3) is 0.0370. The number of nitrogens with two attached hydrogens (primary N) is 1. The molecule has 0 aliphatic rings. The number of amides is 1. The lowest BCUT2D eigenvalue weighted by Gasteiger charge is -2.28. The van der Waals surface area contributed by atoms with Crippen LogP contribution >= 0.6 is 7.60 Å². The summed E-state index contributed by atoms with van der Waals surface area (Å²) in [7, 11) is -4.15. The van der Waals surface area contributed by atoms with Crippen LogP contribution in [0.5, 0.6) is 11.5 Å². The summed E-state index contributed by atoms with van der Waals surface area (Å²) in [5.74, 6) is -0.761. The molecule has 4 aromatic rings. The van der Waals surface area contributed by atoms with Crippen molar-refractivity contribution in [1.82, 2.24) is 5.32 Å². The predicted octanol–water partition coefficient (Wildman–Crippen LogP) is 5.74. The Labute approximate surface area is 208 Å². The molecule has 0 saturated carbocycles. The normalized spacial score (nSPS) is 12.1. The Morgan fingerprint density at radius 3 is 1.97 bits per heavy atom. The van der Waals surface area contributed by atoms with Crippen LogP contribution in [0.4, 0.5) is 0 Å². The highest BCUT2D eigenvalue weighted by Crippen LogP contribution is 2.59. The van der Waals surface area contributed by atoms with Gasteiger partial charge in [0, 0.05) is 11.6 Å². The molecule has 1 unspecified atom stereocenters. The van der Waals surface area contributed by atoms with Crippen molar-refractivity contribution in [3.8, 4) is 11.5 Å². The van der Waals surface area contributed by atoms with Gasteiger partial charge in [0.05, 0.1) is 6.26 Å². The molecule has 1 aromatic heterocycles. The van der Waals surface area contributed by atoms with Crippen molar-refractivity contribution in [3.63, 3.8) is 0 Å². The van der Waals surface area contributed by atoms with Gasteiger partial charge in [-0.1, -0.05) is 60.7 Å². The van der Waals surface area contributed by atoms with Gasteiger partial charge >= 0.3 is 7.60 Å². The molecule has 0 fully saturated rings. The van der Waals surface area contributed by atoms with Crippen LogP contribution in [-0.4, -0.2) is 11.7 Å². The first-order valence-electron chi connectivity index (χ1n) is 11.0. The third-order valence-electron chi connectivity index (χ3n) is 5.03. The van der Waals surface area contributed by atoms with Gasteiger partial charge in [-0.05, 0) is 48.0 Å². The third-order valence-corrected chi connectivity index (χ3v) is 7.02. The van der Waals surface area contributed by atoms with Crippen LogP contribution in [-0.2, 0) is 9.36 Å². The van der Waals surface area contributed by atoms with Crippen LogP contribution in [0.15, 0.2) is 114 Å². The quantitative estimate of drug-likeness (QED) is 0.110. The van der Waals surface area contributed by atoms with Crippen LogP contribution in [0.25, 0.3) is 6.08 Å². The molecule has 1 heterocycles. The summed E-state index contributed by atoms with van der Waals surface area (Å²) in [6.45, 7) is 0. The molecular formula is C27H24N3O5P. The van der Waals surface area contributed by atoms with E-state index in [2.05, 4.69) is 5.32 Å². The first kappa shape index (κ1) is 24.6. The first-order chi connectivity index (χ1) is 17.4. The van der Waals surface area contributed by atoms with E-state index in [0.29, 0.717) is 28.4 Å². The molecule has 4 N–H and O–H groups in total. The van der Waals surface area contributed by atoms with E-state index in [1.165, 1.54) is 18.4 Å². The van der Waals surface area contributed by atoms with Gasteiger partial charge in [0.25, 0.3) is 0 Å². The molecule has 9 heteroatoms. The van der Waals surface area contributed by atoms with Crippen molar-refractivity contribution >= 4 is 25.4 Å². The molecule has 0 saturated heterocycles. The summed E-state index contributed by atoms with van der Waals surface area (Å²) in [6, 6.07) is 27.0. The lowest BCUT2D eigenvalue weighted by Crippen LogP contribution is -2.30. The molecule has 0 radical (unpaired) electrons. The summed E-state index contributed by atoms with van der Waals surface area (Å²) < 4.78 is 31.6. The zero-order chi connectivity index (χ0) is 25.4. The van der Waals surface area contributed by atoms with Gasteiger partial charge in [0.1, 0.15) is 23.1 Å². The van der Waals surface area contributed by atoms with Crippen molar-refractivity contribution in [2.24, 2.45) is 5.73 Å². The summed E-state index contributed by atoms with van der Waals surface area (Å²) in [4.78, 5) is 12.9. The molecule has 4 rings (SSSR count). The number of hydrogen-bond donors (Lipinski definition) is 3. The molecular weight excluding hydrogens is 477 g/mol. The van der Waals surface area contributed by atoms with Gasteiger partial charge in [0.15, 0.2) is 5.78 Å². The molecule has 182 valence electrons. The number of nitrogen functional groups attached to an aromatic ring is 1. The second-order valence-corrected chi connectivity index (χ2v) is 9.61. The lowest BCUT2D eigenvalue weighted by atomic mass is 10.1. The van der Waals surface area contributed by atoms with Gasteiger partial charge in [-0.2, -0.15) is 0 Å². The SMILES string of the molecule is N=C(N)c1ccc(C(NC(=O)C=Cc2ccco2)P(=O)(Oc2ccccc2)Oc2ccccc2)cc1. The molecule has 0 aliphatic heterocycles. The number of hydrogen-bond acceptors (Lipinski definition) is 6. The Morgan fingerprint density at radius 1 is 0.889 bits per heavy atom. The van der Waals surface area contributed by atoms with Crippen molar-refractivity contribution in [2.45, 2.75) is 5.78 Å². The van der Waals surface area contributed by atoms with E-state index in [0.717, 1.165) is 0 Å². The van der Waals surface area contributed by atoms with Crippen LogP contribution < -0.4 is 20.1 Å². The van der Waals surface area contributed by atoms with E-state index in [1.807, 2.05) is 0 Å². The van der Waals surface area contributed by atoms with E-state index in [9.17, 15) is 9.36 Å². The number of carbonyl (C=O) groups excluding carboxylic acids is 1. The van der Waals surface area contributed by atoms with Gasteiger partial charge in [-0.25, -0.2) is 4.57 Å². The van der Waals surface area contributed by atoms with E-state index >= 15 is 0 Å². The van der Waals surface area contributed by atoms with Crippen LogP contribution in [0.2, 0.25) is 0 Å². The van der Waals surface area contributed by atoms with Gasteiger partial charge < -0.3 is 24.5 Å². The van der Waals surface area contributed by atoms with E-state index in [1.54, 1.807) is 97.1 Å². The highest BCUT2D eigenvalue weighted by atomic mass is 31.2. The summed E-state index contributed by atoms with van der Waals surface area (Å²) in [5.41, 5.74) is 6.50. The average Bonchev–Trinajstić information content (AvgIpc) is 3.41. The molecule has 3 aromatic carbocycles. The van der Waals surface area contributed by atoms with Crippen molar-refractivity contribution < 1.29 is 22.8 Å². The smallest absolute Gasteiger partial charge is 0.457 e. The number of furan rings is 1. The maximum Gasteiger partial charge on any atom is 0.457 e. The number of nitrogens with one attached hydrogen (secondary N) is 2. The van der Waals surface area contributed by atoms with Crippen molar-refractivity contribution in [2.75, 3.05) is 0 Å².